The van der Waals surface area contributed by atoms with Gasteiger partial charge < -0.3 is 14.6 Å². The van der Waals surface area contributed by atoms with E-state index in [0.717, 1.165) is 24.8 Å². The number of nitrogens with zero attached hydrogens (tertiary/aromatic N) is 2. The van der Waals surface area contributed by atoms with Gasteiger partial charge in [0.25, 0.3) is 0 Å². The first kappa shape index (κ1) is 15.0. The monoisotopic (exact) mass is 293 g/mol. The standard InChI is InChI=1S/C16H27N3O2/c1-3-20-14(12-7-5-4-6-8-12)15-18-16(21-19-15)13-10-17-9-11(13)2/h11-14,17H,3-10H2,1-2H3/t11-,13-,14?/m1/s1. The molecule has 21 heavy (non-hydrogen) atoms. The Balaban J connectivity index is 1.74. The maximum atomic E-state index is 5.97. The smallest absolute Gasteiger partial charge is 0.231 e. The Morgan fingerprint density at radius 3 is 2.76 bits per heavy atom. The average molecular weight is 293 g/mol. The normalized spacial score (nSPS) is 28.9. The minimum atomic E-state index is 0.0115. The highest BCUT2D eigenvalue weighted by Gasteiger charge is 2.33. The topological polar surface area (TPSA) is 60.2 Å². The van der Waals surface area contributed by atoms with Crippen LogP contribution >= 0.6 is 0 Å². The third-order valence-corrected chi connectivity index (χ3v) is 4.97. The molecule has 0 amide bonds. The van der Waals surface area contributed by atoms with Crippen molar-refractivity contribution in [1.82, 2.24) is 15.5 Å². The quantitative estimate of drug-likeness (QED) is 0.904. The fourth-order valence-electron chi connectivity index (χ4n) is 3.69. The van der Waals surface area contributed by atoms with Crippen LogP contribution in [0.15, 0.2) is 4.52 Å². The zero-order chi connectivity index (χ0) is 14.7. The van der Waals surface area contributed by atoms with Crippen LogP contribution in [-0.4, -0.2) is 29.8 Å². The van der Waals surface area contributed by atoms with Gasteiger partial charge in [-0.1, -0.05) is 31.3 Å². The van der Waals surface area contributed by atoms with Crippen LogP contribution in [0.2, 0.25) is 0 Å². The van der Waals surface area contributed by atoms with E-state index in [2.05, 4.69) is 17.4 Å². The summed E-state index contributed by atoms with van der Waals surface area (Å²) in [5.74, 6) is 2.99. The first-order valence-corrected chi connectivity index (χ1v) is 8.45. The first-order chi connectivity index (χ1) is 10.3. The van der Waals surface area contributed by atoms with Crippen LogP contribution in [0, 0.1) is 11.8 Å². The van der Waals surface area contributed by atoms with Gasteiger partial charge in [0.1, 0.15) is 6.10 Å². The molecule has 2 fully saturated rings. The van der Waals surface area contributed by atoms with Crippen LogP contribution in [-0.2, 0) is 4.74 Å². The number of nitrogens with one attached hydrogen (secondary N) is 1. The second-order valence-corrected chi connectivity index (χ2v) is 6.51. The van der Waals surface area contributed by atoms with Crippen molar-refractivity contribution >= 4 is 0 Å². The molecule has 1 aromatic heterocycles. The highest BCUT2D eigenvalue weighted by molar-refractivity contribution is 5.03. The molecule has 2 heterocycles. The van der Waals surface area contributed by atoms with E-state index in [1.807, 2.05) is 6.92 Å². The summed E-state index contributed by atoms with van der Waals surface area (Å²) in [7, 11) is 0. The lowest BCUT2D eigenvalue weighted by Gasteiger charge is -2.27. The lowest BCUT2D eigenvalue weighted by molar-refractivity contribution is -0.00145. The van der Waals surface area contributed by atoms with Crippen LogP contribution in [0.4, 0.5) is 0 Å². The molecule has 1 saturated carbocycles. The third kappa shape index (κ3) is 3.29. The van der Waals surface area contributed by atoms with Gasteiger partial charge in [0.2, 0.25) is 11.7 Å². The molecule has 1 saturated heterocycles. The van der Waals surface area contributed by atoms with Crippen LogP contribution in [0.1, 0.15) is 69.7 Å². The summed E-state index contributed by atoms with van der Waals surface area (Å²) in [5, 5.41) is 7.64. The molecule has 0 radical (unpaired) electrons. The van der Waals surface area contributed by atoms with E-state index in [1.54, 1.807) is 0 Å². The minimum absolute atomic E-state index is 0.0115. The molecule has 0 spiro atoms. The van der Waals surface area contributed by atoms with Crippen LogP contribution in [0.5, 0.6) is 0 Å². The van der Waals surface area contributed by atoms with E-state index in [1.165, 1.54) is 32.1 Å². The molecule has 0 bridgehead atoms. The molecule has 5 nitrogen and oxygen atoms in total. The van der Waals surface area contributed by atoms with Gasteiger partial charge in [-0.3, -0.25) is 0 Å². The van der Waals surface area contributed by atoms with Crippen LogP contribution < -0.4 is 5.32 Å². The van der Waals surface area contributed by atoms with Gasteiger partial charge >= 0.3 is 0 Å². The third-order valence-electron chi connectivity index (χ3n) is 4.97. The number of rotatable bonds is 5. The highest BCUT2D eigenvalue weighted by atomic mass is 16.5. The molecule has 5 heteroatoms. The highest BCUT2D eigenvalue weighted by Crippen LogP contribution is 2.36. The zero-order valence-electron chi connectivity index (χ0n) is 13.2. The SMILES string of the molecule is CCOC(c1noc([C@@H]2CNC[C@H]2C)n1)C1CCCCC1. The van der Waals surface area contributed by atoms with E-state index < -0.39 is 0 Å². The molecule has 3 atom stereocenters. The average Bonchev–Trinajstić information content (AvgIpc) is 3.14. The molecular formula is C16H27N3O2. The van der Waals surface area contributed by atoms with E-state index in [-0.39, 0.29) is 6.10 Å². The molecule has 0 aromatic carbocycles. The fourth-order valence-corrected chi connectivity index (χ4v) is 3.69. The van der Waals surface area contributed by atoms with Gasteiger partial charge in [-0.2, -0.15) is 4.98 Å². The molecule has 1 unspecified atom stereocenters. The minimum Gasteiger partial charge on any atom is -0.370 e. The fraction of sp³-hybridized carbons (Fsp3) is 0.875. The van der Waals surface area contributed by atoms with Gasteiger partial charge in [0.05, 0.1) is 5.92 Å². The maximum Gasteiger partial charge on any atom is 0.231 e. The number of ether oxygens (including phenoxy) is 1. The van der Waals surface area contributed by atoms with Crippen molar-refractivity contribution in [3.63, 3.8) is 0 Å². The molecule has 3 rings (SSSR count). The Morgan fingerprint density at radius 1 is 1.29 bits per heavy atom. The van der Waals surface area contributed by atoms with Crippen molar-refractivity contribution in [2.45, 2.75) is 58.0 Å². The van der Waals surface area contributed by atoms with Crippen molar-refractivity contribution in [3.05, 3.63) is 11.7 Å². The van der Waals surface area contributed by atoms with Crippen LogP contribution in [0.25, 0.3) is 0 Å². The number of hydrogen-bond acceptors (Lipinski definition) is 5. The Labute approximate surface area is 126 Å². The molecule has 1 N–H and O–H groups in total. The van der Waals surface area contributed by atoms with E-state index in [9.17, 15) is 0 Å². The Kier molecular flexibility index (Phi) is 4.91. The summed E-state index contributed by atoms with van der Waals surface area (Å²) in [6.45, 7) is 6.94. The lowest BCUT2D eigenvalue weighted by Crippen LogP contribution is -2.20. The van der Waals surface area contributed by atoms with E-state index in [4.69, 9.17) is 14.2 Å². The first-order valence-electron chi connectivity index (χ1n) is 8.45. The van der Waals surface area contributed by atoms with Gasteiger partial charge in [0, 0.05) is 13.2 Å². The van der Waals surface area contributed by atoms with Gasteiger partial charge in [-0.05, 0) is 38.1 Å². The Morgan fingerprint density at radius 2 is 2.10 bits per heavy atom. The summed E-state index contributed by atoms with van der Waals surface area (Å²) in [4.78, 5) is 4.69. The summed E-state index contributed by atoms with van der Waals surface area (Å²) >= 11 is 0. The number of aromatic nitrogens is 2. The van der Waals surface area contributed by atoms with E-state index >= 15 is 0 Å². The summed E-state index contributed by atoms with van der Waals surface area (Å²) in [6.07, 6.45) is 6.38. The van der Waals surface area contributed by atoms with Crippen molar-refractivity contribution in [1.29, 1.82) is 0 Å². The largest absolute Gasteiger partial charge is 0.370 e. The predicted molar refractivity (Wildman–Crippen MR) is 80.0 cm³/mol. The summed E-state index contributed by atoms with van der Waals surface area (Å²) in [5.41, 5.74) is 0. The van der Waals surface area contributed by atoms with Gasteiger partial charge in [0.15, 0.2) is 0 Å². The molecule has 118 valence electrons. The van der Waals surface area contributed by atoms with Gasteiger partial charge in [-0.25, -0.2) is 0 Å². The summed E-state index contributed by atoms with van der Waals surface area (Å²) < 4.78 is 11.5. The van der Waals surface area contributed by atoms with E-state index in [0.29, 0.717) is 24.4 Å². The maximum absolute atomic E-state index is 5.97. The zero-order valence-corrected chi connectivity index (χ0v) is 13.2. The lowest BCUT2D eigenvalue weighted by atomic mass is 9.85. The van der Waals surface area contributed by atoms with Crippen molar-refractivity contribution in [2.24, 2.45) is 11.8 Å². The molecule has 1 aliphatic carbocycles. The summed E-state index contributed by atoms with van der Waals surface area (Å²) in [6, 6.07) is 0. The van der Waals surface area contributed by atoms with Crippen molar-refractivity contribution < 1.29 is 9.26 Å². The van der Waals surface area contributed by atoms with Gasteiger partial charge in [-0.15, -0.1) is 0 Å². The van der Waals surface area contributed by atoms with Crippen molar-refractivity contribution in [2.75, 3.05) is 19.7 Å². The number of hydrogen-bond donors (Lipinski definition) is 1. The van der Waals surface area contributed by atoms with Crippen LogP contribution in [0.3, 0.4) is 0 Å². The Hall–Kier alpha value is -0.940. The Bertz CT molecular complexity index is 442. The molecule has 2 aliphatic rings. The molecule has 1 aliphatic heterocycles. The van der Waals surface area contributed by atoms with Crippen molar-refractivity contribution in [3.8, 4) is 0 Å². The second kappa shape index (κ2) is 6.88. The molecular weight excluding hydrogens is 266 g/mol. The second-order valence-electron chi connectivity index (χ2n) is 6.51. The predicted octanol–water partition coefficient (Wildman–Crippen LogP) is 3.05. The molecule has 1 aromatic rings.